The number of aryl methyl sites for hydroxylation is 1. The highest BCUT2D eigenvalue weighted by atomic mass is 127. The summed E-state index contributed by atoms with van der Waals surface area (Å²) in [5, 5.41) is 2.99. The van der Waals surface area contributed by atoms with Gasteiger partial charge in [-0.15, -0.1) is 0 Å². The minimum absolute atomic E-state index is 0.330. The molecule has 1 heterocycles. The van der Waals surface area contributed by atoms with Crippen molar-refractivity contribution < 1.29 is 8.78 Å². The van der Waals surface area contributed by atoms with Gasteiger partial charge in [-0.1, -0.05) is 13.3 Å². The first-order valence-electron chi connectivity index (χ1n) is 6.25. The van der Waals surface area contributed by atoms with Gasteiger partial charge < -0.3 is 5.32 Å². The molecule has 0 saturated carbocycles. The Hall–Kier alpha value is -1.31. The highest BCUT2D eigenvalue weighted by Gasteiger charge is 2.13. The van der Waals surface area contributed by atoms with Gasteiger partial charge in [0.05, 0.1) is 9.26 Å². The number of rotatable bonds is 4. The van der Waals surface area contributed by atoms with E-state index in [1.54, 1.807) is 7.05 Å². The van der Waals surface area contributed by atoms with Gasteiger partial charge in [0, 0.05) is 18.7 Å². The van der Waals surface area contributed by atoms with E-state index in [4.69, 9.17) is 0 Å². The summed E-state index contributed by atoms with van der Waals surface area (Å²) in [5.41, 5.74) is 1.22. The van der Waals surface area contributed by atoms with Crippen molar-refractivity contribution in [1.29, 1.82) is 0 Å². The van der Waals surface area contributed by atoms with Crippen molar-refractivity contribution in [2.45, 2.75) is 19.8 Å². The third kappa shape index (κ3) is 3.23. The summed E-state index contributed by atoms with van der Waals surface area (Å²) in [5.74, 6) is -0.268. The Balaban J connectivity index is 2.58. The number of anilines is 1. The number of halogens is 3. The van der Waals surface area contributed by atoms with Crippen LogP contribution in [-0.4, -0.2) is 17.0 Å². The lowest BCUT2D eigenvalue weighted by Gasteiger charge is -2.11. The molecule has 20 heavy (non-hydrogen) atoms. The van der Waals surface area contributed by atoms with Crippen molar-refractivity contribution in [3.63, 3.8) is 0 Å². The first-order chi connectivity index (χ1) is 9.55. The Labute approximate surface area is 130 Å². The average Bonchev–Trinajstić information content (AvgIpc) is 2.40. The van der Waals surface area contributed by atoms with Crippen molar-refractivity contribution in [1.82, 2.24) is 9.97 Å². The van der Waals surface area contributed by atoms with E-state index in [1.807, 2.05) is 0 Å². The van der Waals surface area contributed by atoms with E-state index < -0.39 is 11.6 Å². The van der Waals surface area contributed by atoms with Gasteiger partial charge in [0.15, 0.2) is 5.82 Å². The highest BCUT2D eigenvalue weighted by Crippen LogP contribution is 2.25. The predicted octanol–water partition coefficient (Wildman–Crippen LogP) is 4.02. The molecule has 0 amide bonds. The van der Waals surface area contributed by atoms with Gasteiger partial charge in [-0.3, -0.25) is 0 Å². The van der Waals surface area contributed by atoms with Crippen LogP contribution in [0.15, 0.2) is 18.2 Å². The fourth-order valence-electron chi connectivity index (χ4n) is 1.87. The maximum Gasteiger partial charge on any atom is 0.162 e. The van der Waals surface area contributed by atoms with E-state index in [0.717, 1.165) is 28.2 Å². The molecule has 1 aromatic heterocycles. The maximum absolute atomic E-state index is 13.3. The lowest BCUT2D eigenvalue weighted by atomic mass is 10.2. The van der Waals surface area contributed by atoms with E-state index in [-0.39, 0.29) is 0 Å². The van der Waals surface area contributed by atoms with Crippen LogP contribution in [0.25, 0.3) is 11.4 Å². The second-order valence-electron chi connectivity index (χ2n) is 4.31. The van der Waals surface area contributed by atoms with E-state index in [0.29, 0.717) is 17.2 Å². The van der Waals surface area contributed by atoms with Gasteiger partial charge >= 0.3 is 0 Å². The minimum atomic E-state index is -0.634. The maximum atomic E-state index is 13.3. The number of aromatic nitrogens is 2. The van der Waals surface area contributed by atoms with Gasteiger partial charge in [0.2, 0.25) is 0 Å². The molecule has 0 aliphatic heterocycles. The number of hydrogen-bond donors (Lipinski definition) is 1. The van der Waals surface area contributed by atoms with E-state index in [2.05, 4.69) is 44.8 Å². The smallest absolute Gasteiger partial charge is 0.162 e. The molecular formula is C14H14F2IN3. The zero-order chi connectivity index (χ0) is 14.7. The van der Waals surface area contributed by atoms with Gasteiger partial charge in [-0.2, -0.15) is 0 Å². The molecule has 2 rings (SSSR count). The van der Waals surface area contributed by atoms with Gasteiger partial charge in [0.1, 0.15) is 17.5 Å². The fourth-order valence-corrected chi connectivity index (χ4v) is 2.65. The van der Waals surface area contributed by atoms with Gasteiger partial charge in [0.25, 0.3) is 0 Å². The fraction of sp³-hybridized carbons (Fsp3) is 0.286. The number of nitrogens with one attached hydrogen (secondary N) is 1. The van der Waals surface area contributed by atoms with Crippen LogP contribution < -0.4 is 5.32 Å². The van der Waals surface area contributed by atoms with Crippen molar-refractivity contribution in [3.05, 3.63) is 39.1 Å². The summed E-state index contributed by atoms with van der Waals surface area (Å²) in [4.78, 5) is 8.75. The molecular weight excluding hydrogens is 375 g/mol. The van der Waals surface area contributed by atoms with E-state index >= 15 is 0 Å². The van der Waals surface area contributed by atoms with Crippen LogP contribution in [0.3, 0.4) is 0 Å². The van der Waals surface area contributed by atoms with Crippen LogP contribution in [0, 0.1) is 15.2 Å². The van der Waals surface area contributed by atoms with Crippen LogP contribution in [0.4, 0.5) is 14.6 Å². The van der Waals surface area contributed by atoms with Crippen LogP contribution >= 0.6 is 22.6 Å². The van der Waals surface area contributed by atoms with Crippen molar-refractivity contribution in [2.75, 3.05) is 12.4 Å². The first kappa shape index (κ1) is 15.1. The molecule has 0 atom stereocenters. The van der Waals surface area contributed by atoms with E-state index in [1.165, 1.54) is 12.1 Å². The molecule has 1 N–H and O–H groups in total. The van der Waals surface area contributed by atoms with Crippen molar-refractivity contribution >= 4 is 28.4 Å². The normalized spacial score (nSPS) is 10.7. The quantitative estimate of drug-likeness (QED) is 0.803. The highest BCUT2D eigenvalue weighted by molar-refractivity contribution is 14.1. The Bertz CT molecular complexity index is 612. The summed E-state index contributed by atoms with van der Waals surface area (Å²) in [6, 6.07) is 3.31. The van der Waals surface area contributed by atoms with Crippen molar-refractivity contribution in [3.8, 4) is 11.4 Å². The zero-order valence-corrected chi connectivity index (χ0v) is 13.3. The second-order valence-corrected chi connectivity index (χ2v) is 5.39. The third-order valence-corrected chi connectivity index (χ3v) is 3.90. The number of hydrogen-bond acceptors (Lipinski definition) is 3. The van der Waals surface area contributed by atoms with Crippen LogP contribution in [0.2, 0.25) is 0 Å². The molecule has 0 bridgehead atoms. The zero-order valence-electron chi connectivity index (χ0n) is 11.2. The first-order valence-corrected chi connectivity index (χ1v) is 7.33. The molecule has 0 aliphatic carbocycles. The summed E-state index contributed by atoms with van der Waals surface area (Å²) >= 11 is 2.18. The molecule has 0 aliphatic rings. The summed E-state index contributed by atoms with van der Waals surface area (Å²) in [6.07, 6.45) is 1.73. The van der Waals surface area contributed by atoms with Gasteiger partial charge in [-0.25, -0.2) is 18.7 Å². The molecule has 0 spiro atoms. The minimum Gasteiger partial charge on any atom is -0.372 e. The molecule has 2 aromatic rings. The molecule has 0 fully saturated rings. The molecule has 0 unspecified atom stereocenters. The predicted molar refractivity (Wildman–Crippen MR) is 83.6 cm³/mol. The van der Waals surface area contributed by atoms with Crippen LogP contribution in [-0.2, 0) is 6.42 Å². The Morgan fingerprint density at radius 3 is 2.35 bits per heavy atom. The van der Waals surface area contributed by atoms with Crippen LogP contribution in [0.5, 0.6) is 0 Å². The van der Waals surface area contributed by atoms with Crippen molar-refractivity contribution in [2.24, 2.45) is 0 Å². The van der Waals surface area contributed by atoms with E-state index in [9.17, 15) is 8.78 Å². The largest absolute Gasteiger partial charge is 0.372 e. The number of benzene rings is 1. The lowest BCUT2D eigenvalue weighted by Crippen LogP contribution is -2.05. The monoisotopic (exact) mass is 389 g/mol. The number of nitrogens with zero attached hydrogens (tertiary/aromatic N) is 2. The lowest BCUT2D eigenvalue weighted by molar-refractivity contribution is 0.584. The average molecular weight is 389 g/mol. The topological polar surface area (TPSA) is 37.8 Å². The third-order valence-electron chi connectivity index (χ3n) is 2.76. The molecule has 0 radical (unpaired) electrons. The molecule has 1 aromatic carbocycles. The standard InChI is InChI=1S/C14H14F2IN3/c1-3-4-11-12(17)14(18-2)20-13(19-11)8-5-9(15)7-10(16)6-8/h5-7H,3-4H2,1-2H3,(H,18,19,20). The van der Waals surface area contributed by atoms with Gasteiger partial charge in [-0.05, 0) is 41.1 Å². The Kier molecular flexibility index (Phi) is 4.85. The molecule has 0 saturated heterocycles. The summed E-state index contributed by atoms with van der Waals surface area (Å²) in [7, 11) is 1.76. The molecule has 106 valence electrons. The SMILES string of the molecule is CCCc1nc(-c2cc(F)cc(F)c2)nc(NC)c1I. The summed E-state index contributed by atoms with van der Waals surface area (Å²) < 4.78 is 27.6. The molecule has 3 nitrogen and oxygen atoms in total. The Morgan fingerprint density at radius 1 is 1.15 bits per heavy atom. The second kappa shape index (κ2) is 6.43. The Morgan fingerprint density at radius 2 is 1.80 bits per heavy atom. The molecule has 6 heteroatoms. The van der Waals surface area contributed by atoms with Crippen LogP contribution in [0.1, 0.15) is 19.0 Å². The summed E-state index contributed by atoms with van der Waals surface area (Å²) in [6.45, 7) is 2.05.